The Bertz CT molecular complexity index is 419. The standard InChI is InChI=1S/C12H15N3O2/c1-15(8-9-4-2-3-7-13-9)12(17)10-5-6-11(16)14-10/h2-4,7,10H,5-6,8H2,1H3,(H,14,16). The molecule has 1 unspecified atom stereocenters. The molecule has 2 amide bonds. The molecule has 1 fully saturated rings. The van der Waals surface area contributed by atoms with Crippen LogP contribution < -0.4 is 5.32 Å². The molecule has 2 heterocycles. The van der Waals surface area contributed by atoms with Crippen LogP contribution in [0.2, 0.25) is 0 Å². The summed E-state index contributed by atoms with van der Waals surface area (Å²) in [6.07, 6.45) is 2.73. The first-order chi connectivity index (χ1) is 8.16. The Morgan fingerprint density at radius 3 is 3.00 bits per heavy atom. The fraction of sp³-hybridized carbons (Fsp3) is 0.417. The smallest absolute Gasteiger partial charge is 0.245 e. The molecule has 17 heavy (non-hydrogen) atoms. The van der Waals surface area contributed by atoms with Crippen LogP contribution >= 0.6 is 0 Å². The van der Waals surface area contributed by atoms with Crippen LogP contribution in [-0.2, 0) is 16.1 Å². The van der Waals surface area contributed by atoms with Crippen LogP contribution in [0.15, 0.2) is 24.4 Å². The van der Waals surface area contributed by atoms with Gasteiger partial charge in [-0.05, 0) is 18.6 Å². The summed E-state index contributed by atoms with van der Waals surface area (Å²) in [5.41, 5.74) is 0.840. The fourth-order valence-electron chi connectivity index (χ4n) is 1.88. The van der Waals surface area contributed by atoms with E-state index in [0.29, 0.717) is 19.4 Å². The Balaban J connectivity index is 1.94. The molecule has 0 aromatic carbocycles. The molecule has 1 aliphatic rings. The van der Waals surface area contributed by atoms with Crippen LogP contribution in [0.4, 0.5) is 0 Å². The summed E-state index contributed by atoms with van der Waals surface area (Å²) in [4.78, 5) is 28.8. The lowest BCUT2D eigenvalue weighted by Crippen LogP contribution is -2.42. The van der Waals surface area contributed by atoms with Crippen LogP contribution in [-0.4, -0.2) is 34.8 Å². The van der Waals surface area contributed by atoms with E-state index in [1.54, 1.807) is 18.1 Å². The summed E-state index contributed by atoms with van der Waals surface area (Å²) in [5.74, 6) is -0.101. The number of hydrogen-bond acceptors (Lipinski definition) is 3. The van der Waals surface area contributed by atoms with Gasteiger partial charge in [-0.2, -0.15) is 0 Å². The Morgan fingerprint density at radius 1 is 1.59 bits per heavy atom. The maximum absolute atomic E-state index is 12.0. The van der Waals surface area contributed by atoms with Crippen molar-refractivity contribution in [3.8, 4) is 0 Å². The van der Waals surface area contributed by atoms with Gasteiger partial charge in [0, 0.05) is 19.7 Å². The number of rotatable bonds is 3. The molecule has 0 aliphatic carbocycles. The van der Waals surface area contributed by atoms with Crippen molar-refractivity contribution in [1.29, 1.82) is 0 Å². The van der Waals surface area contributed by atoms with Gasteiger partial charge >= 0.3 is 0 Å². The van der Waals surface area contributed by atoms with Gasteiger partial charge < -0.3 is 10.2 Å². The van der Waals surface area contributed by atoms with Crippen molar-refractivity contribution < 1.29 is 9.59 Å². The van der Waals surface area contributed by atoms with Crippen LogP contribution in [0.3, 0.4) is 0 Å². The van der Waals surface area contributed by atoms with E-state index in [9.17, 15) is 9.59 Å². The second-order valence-corrected chi connectivity index (χ2v) is 4.17. The lowest BCUT2D eigenvalue weighted by Gasteiger charge is -2.20. The summed E-state index contributed by atoms with van der Waals surface area (Å²) in [5, 5.41) is 2.67. The Morgan fingerprint density at radius 2 is 2.41 bits per heavy atom. The molecule has 90 valence electrons. The lowest BCUT2D eigenvalue weighted by molar-refractivity contribution is -0.133. The number of likely N-dealkylation sites (N-methyl/N-ethyl adjacent to an activating group) is 1. The largest absolute Gasteiger partial charge is 0.344 e. The first-order valence-electron chi connectivity index (χ1n) is 5.61. The molecule has 1 aromatic heterocycles. The molecular weight excluding hydrogens is 218 g/mol. The van der Waals surface area contributed by atoms with E-state index in [0.717, 1.165) is 5.69 Å². The zero-order chi connectivity index (χ0) is 12.3. The predicted octanol–water partition coefficient (Wildman–Crippen LogP) is 0.319. The predicted molar refractivity (Wildman–Crippen MR) is 61.9 cm³/mol. The van der Waals surface area contributed by atoms with E-state index >= 15 is 0 Å². The highest BCUT2D eigenvalue weighted by atomic mass is 16.2. The minimum Gasteiger partial charge on any atom is -0.344 e. The second kappa shape index (κ2) is 4.95. The highest BCUT2D eigenvalue weighted by Crippen LogP contribution is 2.10. The molecule has 2 rings (SSSR count). The van der Waals surface area contributed by atoms with E-state index in [1.807, 2.05) is 18.2 Å². The van der Waals surface area contributed by atoms with E-state index in [1.165, 1.54) is 0 Å². The molecule has 0 spiro atoms. The van der Waals surface area contributed by atoms with Gasteiger partial charge in [-0.1, -0.05) is 6.07 Å². The highest BCUT2D eigenvalue weighted by Gasteiger charge is 2.29. The molecule has 1 N–H and O–H groups in total. The van der Waals surface area contributed by atoms with Gasteiger partial charge in [0.1, 0.15) is 6.04 Å². The van der Waals surface area contributed by atoms with Gasteiger partial charge in [0.05, 0.1) is 12.2 Å². The minimum absolute atomic E-state index is 0.0467. The van der Waals surface area contributed by atoms with E-state index in [4.69, 9.17) is 0 Å². The number of amides is 2. The van der Waals surface area contributed by atoms with Gasteiger partial charge in [0.25, 0.3) is 0 Å². The number of carbonyl (C=O) groups excluding carboxylic acids is 2. The number of nitrogens with zero attached hydrogens (tertiary/aromatic N) is 2. The van der Waals surface area contributed by atoms with Crippen LogP contribution in [0.25, 0.3) is 0 Å². The normalized spacial score (nSPS) is 18.9. The molecule has 0 saturated carbocycles. The molecule has 1 saturated heterocycles. The third kappa shape index (κ3) is 2.81. The summed E-state index contributed by atoms with van der Waals surface area (Å²) in [6.45, 7) is 0.464. The molecule has 0 radical (unpaired) electrons. The molecule has 1 atom stereocenters. The van der Waals surface area contributed by atoms with E-state index in [2.05, 4.69) is 10.3 Å². The summed E-state index contributed by atoms with van der Waals surface area (Å²) >= 11 is 0. The topological polar surface area (TPSA) is 62.3 Å². The maximum atomic E-state index is 12.0. The number of carbonyl (C=O) groups is 2. The number of pyridine rings is 1. The van der Waals surface area contributed by atoms with E-state index in [-0.39, 0.29) is 17.9 Å². The third-order valence-electron chi connectivity index (χ3n) is 2.79. The average molecular weight is 233 g/mol. The number of hydrogen-bond donors (Lipinski definition) is 1. The summed E-state index contributed by atoms with van der Waals surface area (Å²) in [6, 6.07) is 5.23. The molecular formula is C12H15N3O2. The quantitative estimate of drug-likeness (QED) is 0.817. The summed E-state index contributed by atoms with van der Waals surface area (Å²) < 4.78 is 0. The second-order valence-electron chi connectivity index (χ2n) is 4.17. The molecule has 5 heteroatoms. The molecule has 1 aromatic rings. The maximum Gasteiger partial charge on any atom is 0.245 e. The van der Waals surface area contributed by atoms with Crippen molar-refractivity contribution in [3.05, 3.63) is 30.1 Å². The van der Waals surface area contributed by atoms with Crippen LogP contribution in [0.1, 0.15) is 18.5 Å². The molecule has 5 nitrogen and oxygen atoms in total. The van der Waals surface area contributed by atoms with Crippen molar-refractivity contribution in [1.82, 2.24) is 15.2 Å². The van der Waals surface area contributed by atoms with Gasteiger partial charge in [0.2, 0.25) is 11.8 Å². The number of aromatic nitrogens is 1. The zero-order valence-corrected chi connectivity index (χ0v) is 9.72. The number of nitrogens with one attached hydrogen (secondary N) is 1. The van der Waals surface area contributed by atoms with Crippen molar-refractivity contribution in [3.63, 3.8) is 0 Å². The molecule has 1 aliphatic heterocycles. The molecule has 0 bridgehead atoms. The first-order valence-corrected chi connectivity index (χ1v) is 5.61. The van der Waals surface area contributed by atoms with Gasteiger partial charge in [-0.15, -0.1) is 0 Å². The van der Waals surface area contributed by atoms with Crippen molar-refractivity contribution in [2.24, 2.45) is 0 Å². The van der Waals surface area contributed by atoms with Gasteiger partial charge in [0.15, 0.2) is 0 Å². The van der Waals surface area contributed by atoms with Crippen LogP contribution in [0.5, 0.6) is 0 Å². The van der Waals surface area contributed by atoms with Crippen molar-refractivity contribution in [2.75, 3.05) is 7.05 Å². The highest BCUT2D eigenvalue weighted by molar-refractivity contribution is 5.90. The summed E-state index contributed by atoms with van der Waals surface area (Å²) in [7, 11) is 1.72. The Labute approximate surface area is 99.8 Å². The Kier molecular flexibility index (Phi) is 3.37. The zero-order valence-electron chi connectivity index (χ0n) is 9.72. The Hall–Kier alpha value is -1.91. The third-order valence-corrected chi connectivity index (χ3v) is 2.79. The van der Waals surface area contributed by atoms with Gasteiger partial charge in [-0.3, -0.25) is 14.6 Å². The monoisotopic (exact) mass is 233 g/mol. The van der Waals surface area contributed by atoms with Crippen molar-refractivity contribution >= 4 is 11.8 Å². The van der Waals surface area contributed by atoms with Gasteiger partial charge in [-0.25, -0.2) is 0 Å². The first kappa shape index (κ1) is 11.6. The van der Waals surface area contributed by atoms with Crippen molar-refractivity contribution in [2.45, 2.75) is 25.4 Å². The van der Waals surface area contributed by atoms with Crippen LogP contribution in [0, 0.1) is 0 Å². The van der Waals surface area contributed by atoms with E-state index < -0.39 is 0 Å². The SMILES string of the molecule is CN(Cc1ccccn1)C(=O)C1CCC(=O)N1. The fourth-order valence-corrected chi connectivity index (χ4v) is 1.88. The minimum atomic E-state index is -0.365. The average Bonchev–Trinajstić information content (AvgIpc) is 2.76. The lowest BCUT2D eigenvalue weighted by atomic mass is 10.2.